The maximum atomic E-state index is 10.8. The summed E-state index contributed by atoms with van der Waals surface area (Å²) in [6, 6.07) is 10.4. The highest BCUT2D eigenvalue weighted by Gasteiger charge is 1.93. The van der Waals surface area contributed by atoms with Crippen LogP contribution in [0.5, 0.6) is 0 Å². The van der Waals surface area contributed by atoms with Crippen LogP contribution in [0.2, 0.25) is 0 Å². The summed E-state index contributed by atoms with van der Waals surface area (Å²) in [5, 5.41) is 3.27. The van der Waals surface area contributed by atoms with Gasteiger partial charge in [-0.15, -0.1) is 11.8 Å². The Bertz CT molecular complexity index is 290. The Labute approximate surface area is 98.3 Å². The van der Waals surface area contributed by atoms with Gasteiger partial charge in [-0.05, 0) is 12.1 Å². The number of rotatable bonds is 7. The van der Waals surface area contributed by atoms with Crippen molar-refractivity contribution in [2.24, 2.45) is 0 Å². The van der Waals surface area contributed by atoms with Gasteiger partial charge in [0.1, 0.15) is 0 Å². The van der Waals surface area contributed by atoms with Crippen LogP contribution in [0.4, 0.5) is 0 Å². The Morgan fingerprint density at radius 2 is 2.00 bits per heavy atom. The molecule has 84 valence electrons. The molecule has 0 spiro atoms. The number of nitrogens with one attached hydrogen (secondary N) is 1. The van der Waals surface area contributed by atoms with Gasteiger partial charge in [-0.2, -0.15) is 0 Å². The quantitative estimate of drug-likeness (QED) is 0.584. The average molecular weight is 243 g/mol. The summed E-state index contributed by atoms with van der Waals surface area (Å²) < 4.78 is 10.8. The summed E-state index contributed by atoms with van der Waals surface area (Å²) in [6.07, 6.45) is 1.74. The first-order chi connectivity index (χ1) is 7.29. The molecule has 0 aliphatic rings. The molecule has 15 heavy (non-hydrogen) atoms. The Balaban J connectivity index is 2.00. The van der Waals surface area contributed by atoms with Gasteiger partial charge >= 0.3 is 0 Å². The van der Waals surface area contributed by atoms with Crippen LogP contribution < -0.4 is 5.32 Å². The summed E-state index contributed by atoms with van der Waals surface area (Å²) in [4.78, 5) is 1.30. The van der Waals surface area contributed by atoms with Gasteiger partial charge in [0.2, 0.25) is 0 Å². The maximum Gasteiger partial charge on any atom is 0.0357 e. The van der Waals surface area contributed by atoms with E-state index in [0.717, 1.165) is 24.6 Å². The second-order valence-electron chi connectivity index (χ2n) is 3.19. The van der Waals surface area contributed by atoms with Crippen molar-refractivity contribution in [3.8, 4) is 0 Å². The number of benzene rings is 1. The zero-order valence-corrected chi connectivity index (χ0v) is 10.6. The van der Waals surface area contributed by atoms with Crippen LogP contribution in [0.25, 0.3) is 0 Å². The largest absolute Gasteiger partial charge is 0.315 e. The van der Waals surface area contributed by atoms with E-state index in [2.05, 4.69) is 29.6 Å². The summed E-state index contributed by atoms with van der Waals surface area (Å²) in [6.45, 7) is 1.81. The van der Waals surface area contributed by atoms with Gasteiger partial charge in [-0.1, -0.05) is 18.2 Å². The van der Waals surface area contributed by atoms with Crippen molar-refractivity contribution in [1.29, 1.82) is 0 Å². The second kappa shape index (κ2) is 7.91. The van der Waals surface area contributed by atoms with Crippen molar-refractivity contribution in [2.45, 2.75) is 4.90 Å². The molecule has 0 aliphatic carbocycles. The SMILES string of the molecule is CS(=O)CCNCCSc1ccccc1. The lowest BCUT2D eigenvalue weighted by molar-refractivity contribution is 0.681. The van der Waals surface area contributed by atoms with Crippen LogP contribution in [0.15, 0.2) is 35.2 Å². The monoisotopic (exact) mass is 243 g/mol. The molecule has 1 unspecified atom stereocenters. The summed E-state index contributed by atoms with van der Waals surface area (Å²) >= 11 is 1.84. The van der Waals surface area contributed by atoms with Gasteiger partial charge in [-0.3, -0.25) is 4.21 Å². The van der Waals surface area contributed by atoms with E-state index in [1.807, 2.05) is 17.8 Å². The average Bonchev–Trinajstić information content (AvgIpc) is 2.24. The fourth-order valence-electron chi connectivity index (χ4n) is 1.10. The van der Waals surface area contributed by atoms with Gasteiger partial charge in [0, 0.05) is 46.5 Å². The van der Waals surface area contributed by atoms with Gasteiger partial charge in [0.05, 0.1) is 0 Å². The third kappa shape index (κ3) is 6.71. The lowest BCUT2D eigenvalue weighted by Crippen LogP contribution is -2.22. The van der Waals surface area contributed by atoms with E-state index in [1.165, 1.54) is 4.90 Å². The minimum atomic E-state index is -0.676. The van der Waals surface area contributed by atoms with E-state index < -0.39 is 10.8 Å². The van der Waals surface area contributed by atoms with E-state index in [-0.39, 0.29) is 0 Å². The van der Waals surface area contributed by atoms with Gasteiger partial charge in [0.15, 0.2) is 0 Å². The fraction of sp³-hybridized carbons (Fsp3) is 0.455. The van der Waals surface area contributed by atoms with Crippen LogP contribution >= 0.6 is 11.8 Å². The van der Waals surface area contributed by atoms with Crippen LogP contribution in [0.1, 0.15) is 0 Å². The minimum Gasteiger partial charge on any atom is -0.315 e. The zero-order chi connectivity index (χ0) is 10.9. The van der Waals surface area contributed by atoms with E-state index in [1.54, 1.807) is 6.26 Å². The molecule has 1 rings (SSSR count). The highest BCUT2D eigenvalue weighted by Crippen LogP contribution is 2.15. The van der Waals surface area contributed by atoms with Crippen molar-refractivity contribution in [3.63, 3.8) is 0 Å². The third-order valence-electron chi connectivity index (χ3n) is 1.86. The number of hydrogen-bond donors (Lipinski definition) is 1. The maximum absolute atomic E-state index is 10.8. The minimum absolute atomic E-state index is 0.676. The van der Waals surface area contributed by atoms with Crippen LogP contribution in [-0.2, 0) is 10.8 Å². The molecular formula is C11H17NOS2. The molecular weight excluding hydrogens is 226 g/mol. The molecule has 0 amide bonds. The Morgan fingerprint density at radius 3 is 2.67 bits per heavy atom. The third-order valence-corrected chi connectivity index (χ3v) is 3.65. The Hall–Kier alpha value is -0.320. The summed E-state index contributed by atoms with van der Waals surface area (Å²) in [5.74, 6) is 1.80. The molecule has 0 radical (unpaired) electrons. The van der Waals surface area contributed by atoms with Crippen molar-refractivity contribution >= 4 is 22.6 Å². The molecule has 0 saturated carbocycles. The van der Waals surface area contributed by atoms with E-state index in [9.17, 15) is 4.21 Å². The lowest BCUT2D eigenvalue weighted by Gasteiger charge is -2.03. The van der Waals surface area contributed by atoms with Crippen molar-refractivity contribution < 1.29 is 4.21 Å². The van der Waals surface area contributed by atoms with E-state index in [0.29, 0.717) is 0 Å². The second-order valence-corrected chi connectivity index (χ2v) is 5.91. The van der Waals surface area contributed by atoms with E-state index in [4.69, 9.17) is 0 Å². The lowest BCUT2D eigenvalue weighted by atomic mass is 10.4. The highest BCUT2D eigenvalue weighted by atomic mass is 32.2. The molecule has 0 aliphatic heterocycles. The van der Waals surface area contributed by atoms with Crippen LogP contribution in [-0.4, -0.2) is 35.1 Å². The highest BCUT2D eigenvalue weighted by molar-refractivity contribution is 7.99. The normalized spacial score (nSPS) is 12.6. The molecule has 2 nitrogen and oxygen atoms in total. The van der Waals surface area contributed by atoms with Crippen molar-refractivity contribution in [2.75, 3.05) is 30.9 Å². The zero-order valence-electron chi connectivity index (χ0n) is 8.94. The molecule has 1 N–H and O–H groups in total. The molecule has 0 bridgehead atoms. The Kier molecular flexibility index (Phi) is 6.72. The number of hydrogen-bond acceptors (Lipinski definition) is 3. The first-order valence-electron chi connectivity index (χ1n) is 4.97. The first kappa shape index (κ1) is 12.7. The van der Waals surface area contributed by atoms with Crippen LogP contribution in [0.3, 0.4) is 0 Å². The van der Waals surface area contributed by atoms with Gasteiger partial charge < -0.3 is 5.32 Å². The molecule has 0 aromatic heterocycles. The Morgan fingerprint density at radius 1 is 1.27 bits per heavy atom. The molecule has 1 atom stereocenters. The van der Waals surface area contributed by atoms with Gasteiger partial charge in [-0.25, -0.2) is 0 Å². The molecule has 0 heterocycles. The van der Waals surface area contributed by atoms with Crippen molar-refractivity contribution in [1.82, 2.24) is 5.32 Å². The predicted molar refractivity (Wildman–Crippen MR) is 69.0 cm³/mol. The molecule has 1 aromatic rings. The standard InChI is InChI=1S/C11H17NOS2/c1-15(13)10-8-12-7-9-14-11-5-3-2-4-6-11/h2-6,12H,7-10H2,1H3. The molecule has 4 heteroatoms. The fourth-order valence-corrected chi connectivity index (χ4v) is 2.36. The van der Waals surface area contributed by atoms with Crippen LogP contribution in [0, 0.1) is 0 Å². The molecule has 1 aromatic carbocycles. The van der Waals surface area contributed by atoms with E-state index >= 15 is 0 Å². The summed E-state index contributed by atoms with van der Waals surface area (Å²) in [7, 11) is -0.676. The predicted octanol–water partition coefficient (Wildman–Crippen LogP) is 1.75. The molecule has 0 fully saturated rings. The number of thioether (sulfide) groups is 1. The smallest absolute Gasteiger partial charge is 0.0357 e. The van der Waals surface area contributed by atoms with Gasteiger partial charge in [0.25, 0.3) is 0 Å². The van der Waals surface area contributed by atoms with Crippen molar-refractivity contribution in [3.05, 3.63) is 30.3 Å². The summed E-state index contributed by atoms with van der Waals surface area (Å²) in [5.41, 5.74) is 0. The topological polar surface area (TPSA) is 29.1 Å². The molecule has 0 saturated heterocycles. The first-order valence-corrected chi connectivity index (χ1v) is 7.69.